The Labute approximate surface area is 239 Å². The molecule has 1 saturated heterocycles. The van der Waals surface area contributed by atoms with E-state index in [4.69, 9.17) is 46.1 Å². The van der Waals surface area contributed by atoms with E-state index in [0.717, 1.165) is 32.7 Å². The monoisotopic (exact) mass is 591 g/mol. The average Bonchev–Trinajstić information content (AvgIpc) is 2.87. The van der Waals surface area contributed by atoms with Crippen LogP contribution in [-0.2, 0) is 42.9 Å². The highest BCUT2D eigenvalue weighted by Gasteiger charge is 2.54. The molecule has 0 radical (unpaired) electrons. The predicted molar refractivity (Wildman–Crippen MR) is 142 cm³/mol. The highest BCUT2D eigenvalue weighted by molar-refractivity contribution is 7.80. The number of para-hydroxylation sites is 1. The molecule has 15 heteroatoms. The van der Waals surface area contributed by atoms with Crippen LogP contribution in [0.5, 0.6) is 0 Å². The van der Waals surface area contributed by atoms with Gasteiger partial charge < -0.3 is 33.8 Å². The lowest BCUT2D eigenvalue weighted by molar-refractivity contribution is -0.271. The minimum atomic E-state index is -1.55. The molecule has 2 heterocycles. The van der Waals surface area contributed by atoms with Gasteiger partial charge in [-0.15, -0.1) is 5.10 Å². The number of ketones is 1. The van der Waals surface area contributed by atoms with Crippen LogP contribution in [0.1, 0.15) is 45.0 Å². The second kappa shape index (κ2) is 13.3. The number of carbonyl (C=O) groups is 5. The van der Waals surface area contributed by atoms with Crippen molar-refractivity contribution < 1.29 is 52.1 Å². The van der Waals surface area contributed by atoms with Crippen molar-refractivity contribution in [2.45, 2.75) is 65.3 Å². The number of hydrogen-bond donors (Lipinski definition) is 1. The van der Waals surface area contributed by atoms with E-state index in [0.29, 0.717) is 11.0 Å². The summed E-state index contributed by atoms with van der Waals surface area (Å²) >= 11 is 5.22. The van der Waals surface area contributed by atoms with Gasteiger partial charge in [-0.2, -0.15) is 0 Å². The molecule has 1 aromatic carbocycles. The Hall–Kier alpha value is -4.37. The van der Waals surface area contributed by atoms with Gasteiger partial charge >= 0.3 is 23.9 Å². The van der Waals surface area contributed by atoms with E-state index in [-0.39, 0.29) is 11.1 Å². The minimum Gasteiger partial charge on any atom is -0.463 e. The number of nitrogens with two attached hydrogens (primary N) is 1. The highest BCUT2D eigenvalue weighted by atomic mass is 32.1. The fraction of sp³-hybridized carbons (Fsp3) is 0.423. The van der Waals surface area contributed by atoms with E-state index in [9.17, 15) is 24.0 Å². The summed E-state index contributed by atoms with van der Waals surface area (Å²) in [4.78, 5) is 60.4. The summed E-state index contributed by atoms with van der Waals surface area (Å²) in [6.45, 7) is 5.25. The third-order valence-corrected chi connectivity index (χ3v) is 5.85. The summed E-state index contributed by atoms with van der Waals surface area (Å²) in [5.41, 5.74) is 6.24. The van der Waals surface area contributed by atoms with Crippen molar-refractivity contribution in [3.8, 4) is 0 Å². The Bertz CT molecular complexity index is 1440. The Kier molecular flexibility index (Phi) is 10.1. The van der Waals surface area contributed by atoms with Gasteiger partial charge in [-0.3, -0.25) is 24.0 Å². The van der Waals surface area contributed by atoms with Gasteiger partial charge in [0.05, 0.1) is 5.56 Å². The predicted octanol–water partition coefficient (Wildman–Crippen LogP) is 1.08. The van der Waals surface area contributed by atoms with E-state index in [1.165, 1.54) is 6.92 Å². The third kappa shape index (κ3) is 7.85. The third-order valence-electron chi connectivity index (χ3n) is 5.67. The van der Waals surface area contributed by atoms with Crippen molar-refractivity contribution in [2.24, 2.45) is 10.8 Å². The van der Waals surface area contributed by atoms with Gasteiger partial charge in [-0.05, 0) is 31.3 Å². The topological polar surface area (TPSA) is 186 Å². The normalized spacial score (nSPS) is 22.4. The second-order valence-corrected chi connectivity index (χ2v) is 9.35. The molecule has 5 atom stereocenters. The summed E-state index contributed by atoms with van der Waals surface area (Å²) < 4.78 is 33.3. The van der Waals surface area contributed by atoms with E-state index < -0.39 is 72.0 Å². The zero-order valence-electron chi connectivity index (χ0n) is 22.9. The van der Waals surface area contributed by atoms with Gasteiger partial charge in [0.15, 0.2) is 35.4 Å². The molecule has 2 N–H and O–H groups in total. The van der Waals surface area contributed by atoms with Crippen molar-refractivity contribution >= 4 is 58.0 Å². The van der Waals surface area contributed by atoms with Gasteiger partial charge in [0.1, 0.15) is 18.3 Å². The molecule has 1 aromatic heterocycles. The smallest absolute Gasteiger partial charge is 0.303 e. The first-order valence-electron chi connectivity index (χ1n) is 12.3. The molecule has 0 saturated carbocycles. The molecule has 1 fully saturated rings. The molecule has 0 spiro atoms. The molecule has 41 heavy (non-hydrogen) atoms. The zero-order valence-corrected chi connectivity index (χ0v) is 23.7. The van der Waals surface area contributed by atoms with Crippen LogP contribution in [0.25, 0.3) is 11.0 Å². The van der Waals surface area contributed by atoms with Crippen molar-refractivity contribution in [3.05, 3.63) is 41.4 Å². The first-order valence-corrected chi connectivity index (χ1v) is 12.7. The van der Waals surface area contributed by atoms with Gasteiger partial charge in [0.25, 0.3) is 0 Å². The fourth-order valence-electron chi connectivity index (χ4n) is 4.13. The summed E-state index contributed by atoms with van der Waals surface area (Å²) in [7, 11) is 0. The standard InChI is InChI=1S/C26H29N3O11S/c1-12(30)18-10-17-8-6-7-9-19(17)39-24(18)28-29(26(27)41)25-23(38-16(5)34)22(37-15(4)33)21(36-14(3)32)20(40-25)11-35-13(2)31/h6-10,20-23,25H,11H2,1-5H3,(H2,27,41)/t20-,21+,22+,23-,25-/m1/s1. The fourth-order valence-corrected chi connectivity index (χ4v) is 4.27. The van der Waals surface area contributed by atoms with Gasteiger partial charge in [-0.1, -0.05) is 18.2 Å². The Morgan fingerprint density at radius 3 is 2.05 bits per heavy atom. The van der Waals surface area contributed by atoms with Crippen LogP contribution < -0.4 is 11.3 Å². The molecule has 14 nitrogen and oxygen atoms in total. The first-order chi connectivity index (χ1) is 19.3. The molecule has 3 rings (SSSR count). The maximum Gasteiger partial charge on any atom is 0.303 e. The van der Waals surface area contributed by atoms with Gasteiger partial charge in [-0.25, -0.2) is 5.01 Å². The zero-order chi connectivity index (χ0) is 30.4. The van der Waals surface area contributed by atoms with Crippen molar-refractivity contribution in [1.82, 2.24) is 5.01 Å². The lowest BCUT2D eigenvalue weighted by Crippen LogP contribution is -2.66. The van der Waals surface area contributed by atoms with Crippen LogP contribution in [0.3, 0.4) is 0 Å². The van der Waals surface area contributed by atoms with Crippen LogP contribution in [-0.4, -0.2) is 77.0 Å². The number of thiocarbonyl (C=S) groups is 1. The van der Waals surface area contributed by atoms with Crippen molar-refractivity contribution in [3.63, 3.8) is 0 Å². The summed E-state index contributed by atoms with van der Waals surface area (Å²) in [5.74, 6) is -3.53. The molecule has 220 valence electrons. The number of nitrogens with zero attached hydrogens (tertiary/aromatic N) is 2. The van der Waals surface area contributed by atoms with Gasteiger partial charge in [0.2, 0.25) is 5.55 Å². The molecular formula is C26H29N3O11S. The molecule has 0 bridgehead atoms. The SMILES string of the molecule is CC(=O)OC[C@H]1O[C@@H](N(N=c2oc3ccccc3cc2C(C)=O)C(N)=S)[C@H](OC(C)=O)[C@@H](OC(C)=O)[C@H]1OC(C)=O. The van der Waals surface area contributed by atoms with E-state index in [1.54, 1.807) is 30.3 Å². The second-order valence-electron chi connectivity index (χ2n) is 8.93. The van der Waals surface area contributed by atoms with Crippen molar-refractivity contribution in [1.29, 1.82) is 0 Å². The number of benzene rings is 1. The number of carbonyl (C=O) groups excluding carboxylic acids is 5. The molecule has 0 unspecified atom stereocenters. The Balaban J connectivity index is 2.24. The maximum atomic E-state index is 12.5. The largest absolute Gasteiger partial charge is 0.463 e. The number of fused-ring (bicyclic) bond motifs is 1. The van der Waals surface area contributed by atoms with Crippen LogP contribution in [0, 0.1) is 0 Å². The van der Waals surface area contributed by atoms with E-state index in [2.05, 4.69) is 5.10 Å². The minimum absolute atomic E-state index is 0.0654. The number of rotatable bonds is 8. The molecule has 2 aromatic rings. The van der Waals surface area contributed by atoms with E-state index in [1.807, 2.05) is 0 Å². The highest BCUT2D eigenvalue weighted by Crippen LogP contribution is 2.31. The van der Waals surface area contributed by atoms with Crippen LogP contribution >= 0.6 is 12.2 Å². The quantitative estimate of drug-likeness (QED) is 0.151. The molecule has 0 aliphatic carbocycles. The van der Waals surface area contributed by atoms with Crippen LogP contribution in [0.2, 0.25) is 0 Å². The van der Waals surface area contributed by atoms with Crippen LogP contribution in [0.4, 0.5) is 0 Å². The lowest BCUT2D eigenvalue weighted by Gasteiger charge is -2.46. The first kappa shape index (κ1) is 31.2. The number of Topliss-reactive ketones (excluding diaryl/α,β-unsaturated/α-hetero) is 1. The number of ether oxygens (including phenoxy) is 5. The maximum absolute atomic E-state index is 12.5. The molecular weight excluding hydrogens is 562 g/mol. The van der Waals surface area contributed by atoms with Gasteiger partial charge in [0, 0.05) is 33.1 Å². The molecule has 0 amide bonds. The molecule has 1 aliphatic rings. The Morgan fingerprint density at radius 1 is 0.902 bits per heavy atom. The van der Waals surface area contributed by atoms with Crippen LogP contribution in [0.15, 0.2) is 39.9 Å². The summed E-state index contributed by atoms with van der Waals surface area (Å²) in [6.07, 6.45) is -7.26. The summed E-state index contributed by atoms with van der Waals surface area (Å²) in [6, 6.07) is 8.42. The average molecular weight is 592 g/mol. The summed E-state index contributed by atoms with van der Waals surface area (Å²) in [5, 5.41) is 5.43. The number of hydrogen-bond acceptors (Lipinski definition) is 13. The van der Waals surface area contributed by atoms with E-state index >= 15 is 0 Å². The Morgan fingerprint density at radius 2 is 1.49 bits per heavy atom. The lowest BCUT2D eigenvalue weighted by atomic mass is 9.97. The number of esters is 4. The molecule has 1 aliphatic heterocycles. The van der Waals surface area contributed by atoms with Crippen molar-refractivity contribution in [2.75, 3.05) is 6.61 Å².